The molecule has 2 unspecified atom stereocenters. The molecule has 1 fully saturated rings. The number of amides is 3. The Morgan fingerprint density at radius 2 is 1.91 bits per heavy atom. The van der Waals surface area contributed by atoms with Crippen LogP contribution in [-0.2, 0) is 23.9 Å². The maximum Gasteiger partial charge on any atom is 0.408 e. The Hall–Kier alpha value is -2.95. The van der Waals surface area contributed by atoms with Crippen molar-refractivity contribution in [3.05, 3.63) is 29.8 Å². The van der Waals surface area contributed by atoms with Gasteiger partial charge in [0.1, 0.15) is 30.0 Å². The van der Waals surface area contributed by atoms with E-state index in [1.165, 1.54) is 24.1 Å². The summed E-state index contributed by atoms with van der Waals surface area (Å²) in [5.41, 5.74) is -0.405. The van der Waals surface area contributed by atoms with Gasteiger partial charge in [-0.15, -0.1) is 0 Å². The highest BCUT2D eigenvalue weighted by atomic mass is 32.1. The van der Waals surface area contributed by atoms with Gasteiger partial charge in [0.15, 0.2) is 0 Å². The number of methoxy groups -OCH3 is 1. The van der Waals surface area contributed by atoms with Crippen molar-refractivity contribution in [1.82, 2.24) is 15.5 Å². The number of nitrogens with one attached hydrogen (secondary N) is 2. The van der Waals surface area contributed by atoms with Crippen LogP contribution in [0.4, 0.5) is 4.79 Å². The van der Waals surface area contributed by atoms with Crippen molar-refractivity contribution in [3.8, 4) is 5.75 Å². The maximum absolute atomic E-state index is 13.7. The normalized spacial score (nSPS) is 15.3. The van der Waals surface area contributed by atoms with E-state index in [9.17, 15) is 24.3 Å². The number of hydrogen-bond acceptors (Lipinski definition) is 8. The summed E-state index contributed by atoms with van der Waals surface area (Å²) in [5, 5.41) is 15.1. The van der Waals surface area contributed by atoms with Gasteiger partial charge in [0.25, 0.3) is 0 Å². The smallest absolute Gasteiger partial charge is 0.408 e. The minimum Gasteiger partial charge on any atom is -0.508 e. The largest absolute Gasteiger partial charge is 0.508 e. The first kappa shape index (κ1) is 27.3. The van der Waals surface area contributed by atoms with Gasteiger partial charge in [-0.1, -0.05) is 12.1 Å². The molecule has 1 aromatic carbocycles. The minimum absolute atomic E-state index is 0.0299. The molecule has 188 valence electrons. The highest BCUT2D eigenvalue weighted by Crippen LogP contribution is 2.34. The molecule has 0 saturated heterocycles. The lowest BCUT2D eigenvalue weighted by atomic mass is 9.88. The molecule has 34 heavy (non-hydrogen) atoms. The van der Waals surface area contributed by atoms with Gasteiger partial charge >= 0.3 is 12.1 Å². The molecule has 0 spiro atoms. The van der Waals surface area contributed by atoms with Crippen LogP contribution in [0.15, 0.2) is 24.3 Å². The second kappa shape index (κ2) is 12.0. The van der Waals surface area contributed by atoms with Crippen molar-refractivity contribution in [3.63, 3.8) is 0 Å². The maximum atomic E-state index is 13.7. The Kier molecular flexibility index (Phi) is 9.60. The number of carbonyl (C=O) groups is 4. The molecule has 0 aliphatic heterocycles. The molecule has 0 aromatic heterocycles. The fourth-order valence-corrected chi connectivity index (χ4v) is 3.71. The number of aromatic hydroxyl groups is 1. The van der Waals surface area contributed by atoms with Crippen molar-refractivity contribution < 1.29 is 33.8 Å². The average Bonchev–Trinajstić information content (AvgIpc) is 2.72. The third kappa shape index (κ3) is 7.54. The fraction of sp³-hybridized carbons (Fsp3) is 0.565. The summed E-state index contributed by atoms with van der Waals surface area (Å²) < 4.78 is 9.85. The van der Waals surface area contributed by atoms with Gasteiger partial charge in [-0.3, -0.25) is 14.4 Å². The van der Waals surface area contributed by atoms with E-state index < -0.39 is 41.6 Å². The van der Waals surface area contributed by atoms with Crippen LogP contribution in [0.1, 0.15) is 51.6 Å². The third-order valence-electron chi connectivity index (χ3n) is 5.24. The number of carbonyl (C=O) groups excluding carboxylic acids is 4. The van der Waals surface area contributed by atoms with Crippen LogP contribution < -0.4 is 10.6 Å². The summed E-state index contributed by atoms with van der Waals surface area (Å²) in [6.45, 7) is 4.72. The van der Waals surface area contributed by atoms with Crippen molar-refractivity contribution in [2.75, 3.05) is 19.4 Å². The van der Waals surface area contributed by atoms with E-state index >= 15 is 0 Å². The zero-order valence-corrected chi connectivity index (χ0v) is 20.8. The van der Waals surface area contributed by atoms with Gasteiger partial charge < -0.3 is 30.1 Å². The van der Waals surface area contributed by atoms with Gasteiger partial charge in [0.05, 0.1) is 7.11 Å². The molecule has 10 nitrogen and oxygen atoms in total. The third-order valence-corrected chi connectivity index (χ3v) is 5.61. The molecule has 2 rings (SSSR count). The van der Waals surface area contributed by atoms with Gasteiger partial charge in [-0.2, -0.15) is 12.6 Å². The van der Waals surface area contributed by atoms with Crippen molar-refractivity contribution in [2.45, 2.75) is 63.8 Å². The minimum atomic E-state index is -1.16. The Morgan fingerprint density at radius 3 is 2.41 bits per heavy atom. The first-order chi connectivity index (χ1) is 16.0. The predicted molar refractivity (Wildman–Crippen MR) is 127 cm³/mol. The molecule has 1 aliphatic carbocycles. The molecule has 1 aromatic rings. The standard InChI is InChI=1S/C23H33N3O7S/c1-23(2,3)33-22(31)25-17(13-34)21(30)26(15-8-6-9-15)19(14-7-5-10-16(27)11-14)20(29)24-12-18(28)32-4/h5,7,10-11,15,17,19,27,34H,6,8-9,12-13H2,1-4H3,(H,24,29)(H,25,31). The number of hydrogen-bond donors (Lipinski definition) is 4. The predicted octanol–water partition coefficient (Wildman–Crippen LogP) is 1.93. The van der Waals surface area contributed by atoms with Crippen molar-refractivity contribution in [1.29, 1.82) is 0 Å². The lowest BCUT2D eigenvalue weighted by Gasteiger charge is -2.43. The van der Waals surface area contributed by atoms with Crippen LogP contribution in [0, 0.1) is 0 Å². The highest BCUT2D eigenvalue weighted by molar-refractivity contribution is 7.80. The summed E-state index contributed by atoms with van der Waals surface area (Å²) in [4.78, 5) is 52.3. The van der Waals surface area contributed by atoms with Crippen LogP contribution >= 0.6 is 12.6 Å². The van der Waals surface area contributed by atoms with E-state index in [-0.39, 0.29) is 24.1 Å². The molecule has 0 heterocycles. The van der Waals surface area contributed by atoms with Gasteiger partial charge in [0.2, 0.25) is 11.8 Å². The van der Waals surface area contributed by atoms with Gasteiger partial charge in [0, 0.05) is 11.8 Å². The molecular formula is C23H33N3O7S. The van der Waals surface area contributed by atoms with E-state index in [1.807, 2.05) is 0 Å². The van der Waals surface area contributed by atoms with E-state index in [0.717, 1.165) is 6.42 Å². The Labute approximate surface area is 204 Å². The topological polar surface area (TPSA) is 134 Å². The molecule has 1 saturated carbocycles. The summed E-state index contributed by atoms with van der Waals surface area (Å²) in [6, 6.07) is 3.51. The first-order valence-corrected chi connectivity index (χ1v) is 11.7. The van der Waals surface area contributed by atoms with Crippen molar-refractivity contribution in [2.24, 2.45) is 0 Å². The zero-order chi connectivity index (χ0) is 25.5. The van der Waals surface area contributed by atoms with E-state index in [4.69, 9.17) is 4.74 Å². The Morgan fingerprint density at radius 1 is 1.24 bits per heavy atom. The lowest BCUT2D eigenvalue weighted by Crippen LogP contribution is -2.58. The fourth-order valence-electron chi connectivity index (χ4n) is 3.46. The molecule has 3 N–H and O–H groups in total. The van der Waals surface area contributed by atoms with E-state index in [1.54, 1.807) is 32.9 Å². The SMILES string of the molecule is COC(=O)CNC(=O)C(c1cccc(O)c1)N(C(=O)C(CS)NC(=O)OC(C)(C)C)C1CCC1. The zero-order valence-electron chi connectivity index (χ0n) is 19.9. The Balaban J connectivity index is 2.40. The van der Waals surface area contributed by atoms with Crippen LogP contribution in [-0.4, -0.2) is 71.0 Å². The second-order valence-corrected chi connectivity index (χ2v) is 9.37. The van der Waals surface area contributed by atoms with Crippen molar-refractivity contribution >= 4 is 36.5 Å². The number of phenols is 1. The van der Waals surface area contributed by atoms with E-state index in [0.29, 0.717) is 18.4 Å². The van der Waals surface area contributed by atoms with Crippen LogP contribution in [0.25, 0.3) is 0 Å². The summed E-state index contributed by atoms with van der Waals surface area (Å²) >= 11 is 4.24. The quantitative estimate of drug-likeness (QED) is 0.304. The number of nitrogens with zero attached hydrogens (tertiary/aromatic N) is 1. The highest BCUT2D eigenvalue weighted by Gasteiger charge is 2.41. The summed E-state index contributed by atoms with van der Waals surface area (Å²) in [7, 11) is 1.20. The summed E-state index contributed by atoms with van der Waals surface area (Å²) in [5.74, 6) is -1.90. The van der Waals surface area contributed by atoms with Crippen LogP contribution in [0.2, 0.25) is 0 Å². The first-order valence-electron chi connectivity index (χ1n) is 11.0. The molecule has 0 radical (unpaired) electrons. The number of ether oxygens (including phenoxy) is 2. The molecule has 11 heteroatoms. The average molecular weight is 496 g/mol. The van der Waals surface area contributed by atoms with Gasteiger partial charge in [-0.25, -0.2) is 4.79 Å². The number of esters is 1. The molecule has 2 atom stereocenters. The van der Waals surface area contributed by atoms with Gasteiger partial charge in [-0.05, 0) is 57.7 Å². The molecule has 3 amide bonds. The lowest BCUT2D eigenvalue weighted by molar-refractivity contribution is -0.148. The van der Waals surface area contributed by atoms with Crippen LogP contribution in [0.5, 0.6) is 5.75 Å². The molecule has 0 bridgehead atoms. The summed E-state index contributed by atoms with van der Waals surface area (Å²) in [6.07, 6.45) is 1.42. The number of alkyl carbamates (subject to hydrolysis) is 1. The molecular weight excluding hydrogens is 462 g/mol. The molecule has 1 aliphatic rings. The monoisotopic (exact) mass is 495 g/mol. The number of phenolic OH excluding ortho intramolecular Hbond substituents is 1. The number of thiol groups is 1. The van der Waals surface area contributed by atoms with E-state index in [2.05, 4.69) is 28.0 Å². The van der Waals surface area contributed by atoms with Crippen LogP contribution in [0.3, 0.4) is 0 Å². The number of rotatable bonds is 9. The number of benzene rings is 1. The Bertz CT molecular complexity index is 899. The second-order valence-electron chi connectivity index (χ2n) is 9.00.